The topological polar surface area (TPSA) is 74.6 Å². The summed E-state index contributed by atoms with van der Waals surface area (Å²) in [5.41, 5.74) is 4.23. The van der Waals surface area contributed by atoms with Crippen LogP contribution in [0.4, 0.5) is 0 Å². The van der Waals surface area contributed by atoms with Crippen molar-refractivity contribution in [3.63, 3.8) is 0 Å². The van der Waals surface area contributed by atoms with E-state index in [1.165, 1.54) is 0 Å². The molecule has 1 aromatic carbocycles. The Morgan fingerprint density at radius 2 is 1.64 bits per heavy atom. The van der Waals surface area contributed by atoms with Crippen LogP contribution in [-0.2, 0) is 9.59 Å². The molecule has 0 aromatic heterocycles. The molecule has 0 amide bonds. The molecule has 4 nitrogen and oxygen atoms in total. The number of benzene rings is 1. The molecule has 0 radical (unpaired) electrons. The van der Waals surface area contributed by atoms with Crippen molar-refractivity contribution in [2.45, 2.75) is 25.7 Å². The van der Waals surface area contributed by atoms with Crippen LogP contribution < -0.4 is 10.4 Å². The van der Waals surface area contributed by atoms with E-state index in [-0.39, 0.29) is 12.8 Å². The summed E-state index contributed by atoms with van der Waals surface area (Å²) in [6.45, 7) is 0. The number of carboxylic acids is 2. The van der Waals surface area contributed by atoms with Crippen molar-refractivity contribution in [3.05, 3.63) is 45.8 Å². The molecule has 0 atom stereocenters. The molecule has 0 saturated heterocycles. The van der Waals surface area contributed by atoms with Gasteiger partial charge in [0.1, 0.15) is 0 Å². The predicted molar refractivity (Wildman–Crippen MR) is 84.3 cm³/mol. The molecule has 0 heterocycles. The van der Waals surface area contributed by atoms with E-state index >= 15 is 0 Å². The molecule has 0 fully saturated rings. The first-order valence-corrected chi connectivity index (χ1v) is 7.25. The van der Waals surface area contributed by atoms with Crippen LogP contribution in [0.15, 0.2) is 24.3 Å². The summed E-state index contributed by atoms with van der Waals surface area (Å²) in [6, 6.07) is 4.15. The Hall–Kier alpha value is -2.62. The Balaban J connectivity index is 1.94. The highest BCUT2D eigenvalue weighted by Gasteiger charge is 2.14. The lowest BCUT2D eigenvalue weighted by Crippen LogP contribution is -2.16. The first-order valence-electron chi connectivity index (χ1n) is 7.25. The molecule has 0 bridgehead atoms. The van der Waals surface area contributed by atoms with Crippen molar-refractivity contribution in [1.82, 2.24) is 0 Å². The van der Waals surface area contributed by atoms with Crippen molar-refractivity contribution in [1.29, 1.82) is 0 Å². The molecule has 0 unspecified atom stereocenters. The zero-order valence-electron chi connectivity index (χ0n) is 12.0. The van der Waals surface area contributed by atoms with E-state index in [0.717, 1.165) is 32.7 Å². The first kappa shape index (κ1) is 14.3. The van der Waals surface area contributed by atoms with Crippen molar-refractivity contribution in [2.24, 2.45) is 0 Å². The van der Waals surface area contributed by atoms with Gasteiger partial charge in [0.25, 0.3) is 0 Å². The summed E-state index contributed by atoms with van der Waals surface area (Å²) in [5.74, 6) is -1.60. The summed E-state index contributed by atoms with van der Waals surface area (Å²) >= 11 is 0. The average Bonchev–Trinajstić information content (AvgIpc) is 3.04. The lowest BCUT2D eigenvalue weighted by atomic mass is 9.99. The van der Waals surface area contributed by atoms with E-state index in [1.807, 2.05) is 24.3 Å². The molecule has 2 N–H and O–H groups in total. The van der Waals surface area contributed by atoms with Crippen LogP contribution in [0, 0.1) is 0 Å². The summed E-state index contributed by atoms with van der Waals surface area (Å²) in [6.07, 6.45) is 9.22. The monoisotopic (exact) mass is 296 g/mol. The van der Waals surface area contributed by atoms with Crippen molar-refractivity contribution in [2.75, 3.05) is 0 Å². The number of allylic oxidation sites excluding steroid dienone is 3. The highest BCUT2D eigenvalue weighted by Crippen LogP contribution is 2.22. The van der Waals surface area contributed by atoms with Gasteiger partial charge in [0, 0.05) is 12.8 Å². The number of hydrogen-bond donors (Lipinski definition) is 2. The van der Waals surface area contributed by atoms with E-state index in [9.17, 15) is 9.59 Å². The zero-order valence-corrected chi connectivity index (χ0v) is 12.0. The van der Waals surface area contributed by atoms with Crippen molar-refractivity contribution >= 4 is 35.2 Å². The Morgan fingerprint density at radius 1 is 0.909 bits per heavy atom. The smallest absolute Gasteiger partial charge is 0.303 e. The van der Waals surface area contributed by atoms with E-state index < -0.39 is 11.9 Å². The van der Waals surface area contributed by atoms with Crippen LogP contribution in [0.3, 0.4) is 0 Å². The molecule has 0 spiro atoms. The standard InChI is InChI=1S/C18H16O4/c19-17(20)7-5-11-1-3-13-9-14-4-2-12(6-8-18(21)22)16(14)10-15(11)13/h1-4,9-10H,5-8H2,(H,19,20)(H,21,22). The minimum atomic E-state index is -0.800. The summed E-state index contributed by atoms with van der Waals surface area (Å²) < 4.78 is 0. The molecule has 2 aliphatic rings. The Bertz CT molecular complexity index is 841. The van der Waals surface area contributed by atoms with E-state index in [1.54, 1.807) is 0 Å². The van der Waals surface area contributed by atoms with Crippen LogP contribution in [-0.4, -0.2) is 22.2 Å². The molecule has 112 valence electrons. The molecule has 0 aliphatic heterocycles. The van der Waals surface area contributed by atoms with Gasteiger partial charge in [-0.25, -0.2) is 0 Å². The second kappa shape index (κ2) is 5.64. The molecule has 4 heteroatoms. The normalized spacial score (nSPS) is 14.4. The highest BCUT2D eigenvalue weighted by molar-refractivity contribution is 5.84. The summed E-state index contributed by atoms with van der Waals surface area (Å²) in [4.78, 5) is 21.5. The number of aliphatic carboxylic acids is 2. The third-order valence-corrected chi connectivity index (χ3v) is 4.06. The molecule has 2 aliphatic carbocycles. The maximum Gasteiger partial charge on any atom is 0.303 e. The minimum absolute atomic E-state index is 0.115. The molecule has 22 heavy (non-hydrogen) atoms. The summed E-state index contributed by atoms with van der Waals surface area (Å²) in [7, 11) is 0. The largest absolute Gasteiger partial charge is 0.481 e. The third-order valence-electron chi connectivity index (χ3n) is 4.06. The second-order valence-corrected chi connectivity index (χ2v) is 5.53. The molecule has 1 aromatic rings. The number of carbonyl (C=O) groups is 2. The number of hydrogen-bond acceptors (Lipinski definition) is 2. The fraction of sp³-hybridized carbons (Fsp3) is 0.222. The zero-order chi connectivity index (χ0) is 15.7. The molecule has 0 saturated carbocycles. The van der Waals surface area contributed by atoms with Crippen LogP contribution in [0.5, 0.6) is 0 Å². The van der Waals surface area contributed by atoms with Gasteiger partial charge < -0.3 is 10.2 Å². The van der Waals surface area contributed by atoms with Gasteiger partial charge in [0.15, 0.2) is 0 Å². The fourth-order valence-corrected chi connectivity index (χ4v) is 2.95. The molecular formula is C18H16O4. The second-order valence-electron chi connectivity index (χ2n) is 5.53. The number of carboxylic acid groups (broad SMARTS) is 2. The van der Waals surface area contributed by atoms with Gasteiger partial charge in [0.2, 0.25) is 0 Å². The lowest BCUT2D eigenvalue weighted by molar-refractivity contribution is -0.137. The van der Waals surface area contributed by atoms with Crippen LogP contribution in [0.1, 0.15) is 36.8 Å². The molecule has 3 rings (SSSR count). The maximum absolute atomic E-state index is 10.7. The van der Waals surface area contributed by atoms with Crippen LogP contribution in [0.25, 0.3) is 23.3 Å². The fourth-order valence-electron chi connectivity index (χ4n) is 2.95. The minimum Gasteiger partial charge on any atom is -0.481 e. The third kappa shape index (κ3) is 2.72. The Labute approximate surface area is 127 Å². The maximum atomic E-state index is 10.7. The number of fused-ring (bicyclic) bond motifs is 2. The van der Waals surface area contributed by atoms with Gasteiger partial charge >= 0.3 is 11.9 Å². The Kier molecular flexibility index (Phi) is 3.67. The van der Waals surface area contributed by atoms with Crippen molar-refractivity contribution in [3.8, 4) is 0 Å². The number of rotatable bonds is 6. The Morgan fingerprint density at radius 3 is 2.36 bits per heavy atom. The van der Waals surface area contributed by atoms with Gasteiger partial charge in [0.05, 0.1) is 0 Å². The van der Waals surface area contributed by atoms with Gasteiger partial charge in [-0.1, -0.05) is 24.3 Å². The van der Waals surface area contributed by atoms with Crippen molar-refractivity contribution < 1.29 is 19.8 Å². The quantitative estimate of drug-likeness (QED) is 0.839. The summed E-state index contributed by atoms with van der Waals surface area (Å²) in [5, 5.41) is 19.8. The van der Waals surface area contributed by atoms with Gasteiger partial charge in [-0.2, -0.15) is 0 Å². The first-order chi connectivity index (χ1) is 10.5. The van der Waals surface area contributed by atoms with E-state index in [4.69, 9.17) is 10.2 Å². The van der Waals surface area contributed by atoms with Crippen LogP contribution >= 0.6 is 0 Å². The van der Waals surface area contributed by atoms with Gasteiger partial charge in [-0.3, -0.25) is 9.59 Å². The van der Waals surface area contributed by atoms with Gasteiger partial charge in [-0.05, 0) is 57.7 Å². The van der Waals surface area contributed by atoms with Gasteiger partial charge in [-0.15, -0.1) is 0 Å². The SMILES string of the molecule is O=C(O)CCC1=CC=c2cc3c(cc21)=C(CCC(=O)O)C=C3. The predicted octanol–water partition coefficient (Wildman–Crippen LogP) is 1.77. The lowest BCUT2D eigenvalue weighted by Gasteiger charge is -2.05. The van der Waals surface area contributed by atoms with E-state index in [0.29, 0.717) is 12.8 Å². The van der Waals surface area contributed by atoms with Crippen LogP contribution in [0.2, 0.25) is 0 Å². The molecular weight excluding hydrogens is 280 g/mol. The average molecular weight is 296 g/mol. The highest BCUT2D eigenvalue weighted by atomic mass is 16.4. The van der Waals surface area contributed by atoms with E-state index in [2.05, 4.69) is 12.1 Å².